The van der Waals surface area contributed by atoms with Crippen LogP contribution in [0.3, 0.4) is 0 Å². The van der Waals surface area contributed by atoms with Crippen LogP contribution < -0.4 is 10.2 Å². The number of nitrogens with zero attached hydrogens (tertiary/aromatic N) is 3. The molecule has 1 saturated heterocycles. The van der Waals surface area contributed by atoms with E-state index in [4.69, 9.17) is 0 Å². The van der Waals surface area contributed by atoms with E-state index in [0.717, 1.165) is 11.3 Å². The molecule has 0 saturated carbocycles. The number of amides is 3. The number of anilines is 2. The van der Waals surface area contributed by atoms with Gasteiger partial charge in [-0.2, -0.15) is 0 Å². The van der Waals surface area contributed by atoms with Gasteiger partial charge in [0.15, 0.2) is 0 Å². The quantitative estimate of drug-likeness (QED) is 0.454. The Morgan fingerprint density at radius 3 is 2.24 bits per heavy atom. The lowest BCUT2D eigenvalue weighted by atomic mass is 10.1. The molecular weight excluding hydrogens is 483 g/mol. The van der Waals surface area contributed by atoms with E-state index in [1.807, 2.05) is 43.3 Å². The number of benzene rings is 3. The monoisotopic (exact) mass is 514 g/mol. The highest BCUT2D eigenvalue weighted by atomic mass is 19.1. The zero-order chi connectivity index (χ0) is 27.1. The van der Waals surface area contributed by atoms with Crippen LogP contribution in [0.1, 0.15) is 26.3 Å². The van der Waals surface area contributed by atoms with Crippen molar-refractivity contribution in [1.82, 2.24) is 9.80 Å². The summed E-state index contributed by atoms with van der Waals surface area (Å²) in [5.74, 6) is -1.35. The second-order valence-electron chi connectivity index (χ2n) is 9.19. The number of carbonyl (C=O) groups is 3. The molecule has 0 bridgehead atoms. The molecule has 0 atom stereocenters. The third kappa shape index (κ3) is 6.45. The highest BCUT2D eigenvalue weighted by Gasteiger charge is 2.24. The third-order valence-corrected chi connectivity index (χ3v) is 6.46. The van der Waals surface area contributed by atoms with Crippen LogP contribution in [0, 0.1) is 12.7 Å². The number of aryl methyl sites for hydroxylation is 1. The van der Waals surface area contributed by atoms with Gasteiger partial charge in [-0.1, -0.05) is 35.9 Å². The topological polar surface area (TPSA) is 73.0 Å². The van der Waals surface area contributed by atoms with Gasteiger partial charge in [0.2, 0.25) is 5.91 Å². The van der Waals surface area contributed by atoms with Crippen molar-refractivity contribution >= 4 is 29.1 Å². The predicted octanol–water partition coefficient (Wildman–Crippen LogP) is 4.36. The Bertz CT molecular complexity index is 1300. The van der Waals surface area contributed by atoms with Crippen LogP contribution in [0.2, 0.25) is 0 Å². The molecule has 1 fully saturated rings. The van der Waals surface area contributed by atoms with E-state index < -0.39 is 5.82 Å². The first kappa shape index (κ1) is 26.6. The lowest BCUT2D eigenvalue weighted by molar-refractivity contribution is -0.116. The van der Waals surface area contributed by atoms with E-state index in [1.54, 1.807) is 35.2 Å². The van der Waals surface area contributed by atoms with Gasteiger partial charge in [0.1, 0.15) is 12.4 Å². The Balaban J connectivity index is 1.31. The van der Waals surface area contributed by atoms with Crippen LogP contribution >= 0.6 is 0 Å². The highest BCUT2D eigenvalue weighted by Crippen LogP contribution is 2.21. The van der Waals surface area contributed by atoms with Crippen molar-refractivity contribution in [3.63, 3.8) is 0 Å². The van der Waals surface area contributed by atoms with Crippen LogP contribution in [0.5, 0.6) is 0 Å². The van der Waals surface area contributed by atoms with Gasteiger partial charge in [0.25, 0.3) is 11.8 Å². The first-order valence-corrected chi connectivity index (χ1v) is 12.5. The van der Waals surface area contributed by atoms with Gasteiger partial charge in [-0.25, -0.2) is 4.39 Å². The molecule has 0 aromatic heterocycles. The van der Waals surface area contributed by atoms with Gasteiger partial charge < -0.3 is 20.0 Å². The maximum Gasteiger partial charge on any atom is 0.256 e. The summed E-state index contributed by atoms with van der Waals surface area (Å²) in [4.78, 5) is 43.5. The molecular formula is C30H31FN4O3. The molecule has 0 radical (unpaired) electrons. The molecule has 38 heavy (non-hydrogen) atoms. The maximum atomic E-state index is 14.0. The minimum atomic E-state index is -0.510. The molecule has 196 valence electrons. The van der Waals surface area contributed by atoms with Crippen molar-refractivity contribution in [3.05, 3.63) is 108 Å². The van der Waals surface area contributed by atoms with Crippen LogP contribution in [0.15, 0.2) is 85.5 Å². The van der Waals surface area contributed by atoms with Crippen molar-refractivity contribution in [2.45, 2.75) is 6.92 Å². The number of hydrogen-bond donors (Lipinski definition) is 1. The molecule has 7 nitrogen and oxygen atoms in total. The Hall–Kier alpha value is -4.46. The van der Waals surface area contributed by atoms with Gasteiger partial charge >= 0.3 is 0 Å². The Morgan fingerprint density at radius 2 is 1.61 bits per heavy atom. The normalized spacial score (nSPS) is 13.1. The summed E-state index contributed by atoms with van der Waals surface area (Å²) >= 11 is 0. The number of nitrogens with one attached hydrogen (secondary N) is 1. The second kappa shape index (κ2) is 12.2. The molecule has 0 unspecified atom stereocenters. The number of carbonyl (C=O) groups excluding carboxylic acids is 3. The minimum absolute atomic E-state index is 0.0910. The van der Waals surface area contributed by atoms with Crippen LogP contribution in [0.25, 0.3) is 0 Å². The van der Waals surface area contributed by atoms with Gasteiger partial charge in [0.05, 0.1) is 5.56 Å². The third-order valence-electron chi connectivity index (χ3n) is 6.46. The molecule has 1 aliphatic rings. The van der Waals surface area contributed by atoms with Crippen LogP contribution in [-0.4, -0.2) is 66.8 Å². The van der Waals surface area contributed by atoms with E-state index in [9.17, 15) is 18.8 Å². The fraction of sp³-hybridized carbons (Fsp3) is 0.233. The maximum absolute atomic E-state index is 14.0. The number of halogens is 1. The average Bonchev–Trinajstić information content (AvgIpc) is 2.93. The summed E-state index contributed by atoms with van der Waals surface area (Å²) < 4.78 is 14.0. The smallest absolute Gasteiger partial charge is 0.256 e. The fourth-order valence-corrected chi connectivity index (χ4v) is 4.36. The summed E-state index contributed by atoms with van der Waals surface area (Å²) in [6.07, 6.45) is 1.60. The molecule has 8 heteroatoms. The highest BCUT2D eigenvalue weighted by molar-refractivity contribution is 5.99. The largest absolute Gasteiger partial charge is 0.368 e. The average molecular weight is 515 g/mol. The molecule has 4 rings (SSSR count). The Labute approximate surface area is 222 Å². The van der Waals surface area contributed by atoms with E-state index in [2.05, 4.69) is 16.8 Å². The minimum Gasteiger partial charge on any atom is -0.368 e. The van der Waals surface area contributed by atoms with Crippen molar-refractivity contribution < 1.29 is 18.8 Å². The summed E-state index contributed by atoms with van der Waals surface area (Å²) in [5.41, 5.74) is 3.24. The summed E-state index contributed by atoms with van der Waals surface area (Å²) in [6, 6.07) is 20.7. The van der Waals surface area contributed by atoms with Crippen LogP contribution in [0.4, 0.5) is 15.8 Å². The molecule has 3 amide bonds. The lowest BCUT2D eigenvalue weighted by Crippen LogP contribution is -2.49. The zero-order valence-electron chi connectivity index (χ0n) is 21.4. The van der Waals surface area contributed by atoms with Gasteiger partial charge in [-0.05, 0) is 55.5 Å². The summed E-state index contributed by atoms with van der Waals surface area (Å²) in [5, 5.41) is 2.85. The fourth-order valence-electron chi connectivity index (χ4n) is 4.36. The molecule has 0 aliphatic carbocycles. The second-order valence-corrected chi connectivity index (χ2v) is 9.19. The Morgan fingerprint density at radius 1 is 0.947 bits per heavy atom. The molecule has 0 spiro atoms. The van der Waals surface area contributed by atoms with E-state index >= 15 is 0 Å². The first-order chi connectivity index (χ1) is 18.4. The number of hydrogen-bond acceptors (Lipinski definition) is 4. The molecule has 3 aromatic rings. The van der Waals surface area contributed by atoms with Crippen molar-refractivity contribution in [1.29, 1.82) is 0 Å². The van der Waals surface area contributed by atoms with E-state index in [1.165, 1.54) is 17.0 Å². The van der Waals surface area contributed by atoms with Gasteiger partial charge in [0, 0.05) is 49.7 Å². The summed E-state index contributed by atoms with van der Waals surface area (Å²) in [6.45, 7) is 8.01. The predicted molar refractivity (Wildman–Crippen MR) is 147 cm³/mol. The van der Waals surface area contributed by atoms with E-state index in [0.29, 0.717) is 37.4 Å². The molecule has 1 aliphatic heterocycles. The zero-order valence-corrected chi connectivity index (χ0v) is 21.4. The van der Waals surface area contributed by atoms with E-state index in [-0.39, 0.29) is 36.4 Å². The number of piperazine rings is 1. The van der Waals surface area contributed by atoms with Crippen molar-refractivity contribution in [3.8, 4) is 0 Å². The number of rotatable bonds is 8. The summed E-state index contributed by atoms with van der Waals surface area (Å²) in [7, 11) is 0. The van der Waals surface area contributed by atoms with Crippen molar-refractivity contribution in [2.24, 2.45) is 0 Å². The SMILES string of the molecule is C=CCN(CC(=O)Nc1ccc(N2CCN(C(=O)c3ccccc3F)CC2)cc1)C(=O)c1ccc(C)cc1. The Kier molecular flexibility index (Phi) is 8.53. The van der Waals surface area contributed by atoms with Crippen LogP contribution in [-0.2, 0) is 4.79 Å². The molecule has 1 N–H and O–H groups in total. The first-order valence-electron chi connectivity index (χ1n) is 12.5. The standard InChI is InChI=1S/C30H31FN4O3/c1-3-16-35(29(37)23-10-8-22(2)9-11-23)21-28(36)32-24-12-14-25(15-13-24)33-17-19-34(20-18-33)30(38)26-6-4-5-7-27(26)31/h3-15H,1,16-21H2,2H3,(H,32,36). The molecule has 3 aromatic carbocycles. The van der Waals surface area contributed by atoms with Crippen molar-refractivity contribution in [2.75, 3.05) is 49.5 Å². The van der Waals surface area contributed by atoms with Gasteiger partial charge in [-0.3, -0.25) is 14.4 Å². The van der Waals surface area contributed by atoms with Gasteiger partial charge in [-0.15, -0.1) is 6.58 Å². The molecule has 1 heterocycles. The lowest BCUT2D eigenvalue weighted by Gasteiger charge is -2.36.